The Bertz CT molecular complexity index is 913. The summed E-state index contributed by atoms with van der Waals surface area (Å²) < 4.78 is 31.4. The van der Waals surface area contributed by atoms with Crippen LogP contribution < -0.4 is 0 Å². The monoisotopic (exact) mass is 317 g/mol. The van der Waals surface area contributed by atoms with Crippen LogP contribution in [0.2, 0.25) is 0 Å². The SMILES string of the molecule is O=S1(=O)CCCC(n2c(-c3ccco3)nc3cccnc32)C1. The highest BCUT2D eigenvalue weighted by atomic mass is 32.2. The van der Waals surface area contributed by atoms with Gasteiger partial charge in [0.25, 0.3) is 0 Å². The fourth-order valence-electron chi connectivity index (χ4n) is 3.06. The zero-order valence-electron chi connectivity index (χ0n) is 11.8. The Balaban J connectivity index is 1.93. The van der Waals surface area contributed by atoms with E-state index in [1.807, 2.05) is 22.8 Å². The number of aromatic nitrogens is 3. The molecule has 4 heterocycles. The summed E-state index contributed by atoms with van der Waals surface area (Å²) in [4.78, 5) is 8.99. The van der Waals surface area contributed by atoms with Gasteiger partial charge in [0.1, 0.15) is 5.52 Å². The van der Waals surface area contributed by atoms with Crippen LogP contribution in [0.5, 0.6) is 0 Å². The summed E-state index contributed by atoms with van der Waals surface area (Å²) in [5, 5.41) is 0. The Hall–Kier alpha value is -2.15. The lowest BCUT2D eigenvalue weighted by molar-refractivity contribution is 0.474. The highest BCUT2D eigenvalue weighted by molar-refractivity contribution is 7.91. The van der Waals surface area contributed by atoms with Gasteiger partial charge < -0.3 is 8.98 Å². The molecule has 22 heavy (non-hydrogen) atoms. The minimum Gasteiger partial charge on any atom is -0.461 e. The molecule has 1 saturated heterocycles. The van der Waals surface area contributed by atoms with Crippen LogP contribution in [0.25, 0.3) is 22.7 Å². The van der Waals surface area contributed by atoms with E-state index in [9.17, 15) is 8.42 Å². The topological polar surface area (TPSA) is 78.0 Å². The van der Waals surface area contributed by atoms with Crippen LogP contribution in [-0.4, -0.2) is 34.5 Å². The smallest absolute Gasteiger partial charge is 0.178 e. The molecule has 7 heteroatoms. The highest BCUT2D eigenvalue weighted by Gasteiger charge is 2.30. The number of rotatable bonds is 2. The van der Waals surface area contributed by atoms with Crippen molar-refractivity contribution in [2.75, 3.05) is 11.5 Å². The van der Waals surface area contributed by atoms with Crippen molar-refractivity contribution in [2.45, 2.75) is 18.9 Å². The molecule has 114 valence electrons. The Morgan fingerprint density at radius 3 is 2.95 bits per heavy atom. The molecule has 1 atom stereocenters. The minimum absolute atomic E-state index is 0.128. The molecular formula is C15H15N3O3S. The van der Waals surface area contributed by atoms with Crippen molar-refractivity contribution in [3.63, 3.8) is 0 Å². The van der Waals surface area contributed by atoms with E-state index in [1.165, 1.54) is 0 Å². The van der Waals surface area contributed by atoms with Crippen LogP contribution in [0.15, 0.2) is 41.1 Å². The van der Waals surface area contributed by atoms with Gasteiger partial charge in [-0.2, -0.15) is 0 Å². The van der Waals surface area contributed by atoms with E-state index < -0.39 is 9.84 Å². The van der Waals surface area contributed by atoms with E-state index in [1.54, 1.807) is 18.5 Å². The molecule has 1 aliphatic rings. The Kier molecular flexibility index (Phi) is 3.04. The predicted molar refractivity (Wildman–Crippen MR) is 82.2 cm³/mol. The third-order valence-corrected chi connectivity index (χ3v) is 5.80. The number of hydrogen-bond donors (Lipinski definition) is 0. The molecule has 0 spiro atoms. The number of nitrogens with zero attached hydrogens (tertiary/aromatic N) is 3. The van der Waals surface area contributed by atoms with Crippen molar-refractivity contribution in [1.29, 1.82) is 0 Å². The summed E-state index contributed by atoms with van der Waals surface area (Å²) in [6, 6.07) is 7.17. The molecule has 1 fully saturated rings. The second-order valence-corrected chi connectivity index (χ2v) is 7.77. The number of pyridine rings is 1. The van der Waals surface area contributed by atoms with Gasteiger partial charge in [0.05, 0.1) is 23.8 Å². The van der Waals surface area contributed by atoms with E-state index in [4.69, 9.17) is 4.42 Å². The molecule has 0 saturated carbocycles. The molecule has 0 aliphatic carbocycles. The van der Waals surface area contributed by atoms with Crippen molar-refractivity contribution in [3.8, 4) is 11.6 Å². The fourth-order valence-corrected chi connectivity index (χ4v) is 4.73. The van der Waals surface area contributed by atoms with Crippen LogP contribution in [0, 0.1) is 0 Å². The van der Waals surface area contributed by atoms with Crippen LogP contribution in [0.3, 0.4) is 0 Å². The van der Waals surface area contributed by atoms with Crippen molar-refractivity contribution in [1.82, 2.24) is 14.5 Å². The third kappa shape index (κ3) is 2.21. The minimum atomic E-state index is -3.02. The summed E-state index contributed by atoms with van der Waals surface area (Å²) >= 11 is 0. The lowest BCUT2D eigenvalue weighted by Gasteiger charge is -2.24. The van der Waals surface area contributed by atoms with Crippen LogP contribution in [-0.2, 0) is 9.84 Å². The maximum atomic E-state index is 12.0. The van der Waals surface area contributed by atoms with Gasteiger partial charge in [-0.25, -0.2) is 18.4 Å². The Morgan fingerprint density at radius 2 is 2.18 bits per heavy atom. The highest BCUT2D eigenvalue weighted by Crippen LogP contribution is 2.32. The number of imidazole rings is 1. The first-order valence-corrected chi connectivity index (χ1v) is 9.03. The molecule has 0 N–H and O–H groups in total. The van der Waals surface area contributed by atoms with E-state index in [-0.39, 0.29) is 17.5 Å². The summed E-state index contributed by atoms with van der Waals surface area (Å²) in [6.45, 7) is 0. The van der Waals surface area contributed by atoms with E-state index in [2.05, 4.69) is 9.97 Å². The molecule has 0 aromatic carbocycles. The standard InChI is InChI=1S/C15H15N3O3S/c19-22(20)9-3-4-11(10-22)18-14-12(5-1-7-16-14)17-15(18)13-6-2-8-21-13/h1-2,5-8,11H,3-4,9-10H2. The summed E-state index contributed by atoms with van der Waals surface area (Å²) in [5.74, 6) is 1.66. The number of sulfone groups is 1. The summed E-state index contributed by atoms with van der Waals surface area (Å²) in [6.07, 6.45) is 4.75. The molecule has 1 aliphatic heterocycles. The Labute approximate surface area is 127 Å². The van der Waals surface area contributed by atoms with Crippen LogP contribution in [0.1, 0.15) is 18.9 Å². The average Bonchev–Trinajstić information content (AvgIpc) is 3.13. The third-order valence-electron chi connectivity index (χ3n) is 3.99. The first kappa shape index (κ1) is 13.5. The van der Waals surface area contributed by atoms with Crippen LogP contribution in [0.4, 0.5) is 0 Å². The fraction of sp³-hybridized carbons (Fsp3) is 0.333. The Morgan fingerprint density at radius 1 is 1.27 bits per heavy atom. The van der Waals surface area contributed by atoms with Crippen molar-refractivity contribution < 1.29 is 12.8 Å². The van der Waals surface area contributed by atoms with E-state index in [0.717, 1.165) is 11.9 Å². The zero-order chi connectivity index (χ0) is 15.2. The number of furan rings is 1. The molecule has 0 amide bonds. The normalized spacial score (nSPS) is 21.2. The van der Waals surface area contributed by atoms with Crippen molar-refractivity contribution in [3.05, 3.63) is 36.7 Å². The second-order valence-electron chi connectivity index (χ2n) is 5.54. The zero-order valence-corrected chi connectivity index (χ0v) is 12.7. The maximum Gasteiger partial charge on any atom is 0.178 e. The average molecular weight is 317 g/mol. The molecule has 0 radical (unpaired) electrons. The molecule has 1 unspecified atom stereocenters. The van der Waals surface area contributed by atoms with Crippen molar-refractivity contribution in [2.24, 2.45) is 0 Å². The molecule has 3 aromatic rings. The molecule has 4 rings (SSSR count). The van der Waals surface area contributed by atoms with Gasteiger partial charge in [0.2, 0.25) is 0 Å². The molecular weight excluding hydrogens is 302 g/mol. The van der Waals surface area contributed by atoms with E-state index in [0.29, 0.717) is 23.7 Å². The predicted octanol–water partition coefficient (Wildman–Crippen LogP) is 2.44. The van der Waals surface area contributed by atoms with Gasteiger partial charge in [0.15, 0.2) is 27.1 Å². The summed E-state index contributed by atoms with van der Waals surface area (Å²) in [5.41, 5.74) is 1.45. The maximum absolute atomic E-state index is 12.0. The first-order chi connectivity index (χ1) is 10.6. The van der Waals surface area contributed by atoms with Gasteiger partial charge in [-0.1, -0.05) is 0 Å². The van der Waals surface area contributed by atoms with Gasteiger partial charge in [0, 0.05) is 6.20 Å². The number of hydrogen-bond acceptors (Lipinski definition) is 5. The lowest BCUT2D eigenvalue weighted by atomic mass is 10.2. The van der Waals surface area contributed by atoms with Crippen LogP contribution >= 0.6 is 0 Å². The first-order valence-electron chi connectivity index (χ1n) is 7.21. The lowest BCUT2D eigenvalue weighted by Crippen LogP contribution is -2.28. The largest absolute Gasteiger partial charge is 0.461 e. The number of fused-ring (bicyclic) bond motifs is 1. The quantitative estimate of drug-likeness (QED) is 0.725. The van der Waals surface area contributed by atoms with Gasteiger partial charge in [-0.3, -0.25) is 0 Å². The van der Waals surface area contributed by atoms with E-state index >= 15 is 0 Å². The van der Waals surface area contributed by atoms with Gasteiger partial charge in [-0.15, -0.1) is 0 Å². The molecule has 6 nitrogen and oxygen atoms in total. The van der Waals surface area contributed by atoms with Gasteiger partial charge >= 0.3 is 0 Å². The summed E-state index contributed by atoms with van der Waals surface area (Å²) in [7, 11) is -3.02. The molecule has 3 aromatic heterocycles. The van der Waals surface area contributed by atoms with Crippen molar-refractivity contribution >= 4 is 21.0 Å². The van der Waals surface area contributed by atoms with Gasteiger partial charge in [-0.05, 0) is 37.1 Å². The second kappa shape index (κ2) is 4.95. The molecule has 0 bridgehead atoms.